The molecule has 0 fully saturated rings. The zero-order chi connectivity index (χ0) is 15.5. The smallest absolute Gasteiger partial charge is 0.335 e. The first-order chi connectivity index (χ1) is 9.87. The van der Waals surface area contributed by atoms with Crippen LogP contribution < -0.4 is 4.72 Å². The molecule has 1 aromatic heterocycles. The summed E-state index contributed by atoms with van der Waals surface area (Å²) in [5.74, 6) is -1.25. The van der Waals surface area contributed by atoms with Gasteiger partial charge in [0.25, 0.3) is 0 Å². The van der Waals surface area contributed by atoms with Gasteiger partial charge in [0.05, 0.1) is 17.5 Å². The first kappa shape index (κ1) is 15.2. The van der Waals surface area contributed by atoms with Gasteiger partial charge in [0.15, 0.2) is 0 Å². The van der Waals surface area contributed by atoms with E-state index in [0.29, 0.717) is 5.56 Å². The van der Waals surface area contributed by atoms with Crippen molar-refractivity contribution < 1.29 is 18.3 Å². The van der Waals surface area contributed by atoms with Gasteiger partial charge in [-0.25, -0.2) is 17.9 Å². The summed E-state index contributed by atoms with van der Waals surface area (Å²) in [6.45, 7) is 1.97. The Labute approximate surface area is 122 Å². The Bertz CT molecular complexity index is 735. The third kappa shape index (κ3) is 4.14. The van der Waals surface area contributed by atoms with Gasteiger partial charge in [-0.3, -0.25) is 5.10 Å². The molecule has 0 aliphatic rings. The van der Waals surface area contributed by atoms with Crippen molar-refractivity contribution in [3.63, 3.8) is 0 Å². The molecule has 21 heavy (non-hydrogen) atoms. The molecule has 0 unspecified atom stereocenters. The third-order valence-corrected chi connectivity index (χ3v) is 4.27. The highest BCUT2D eigenvalue weighted by atomic mass is 32.2. The van der Waals surface area contributed by atoms with Crippen LogP contribution in [0.4, 0.5) is 0 Å². The average molecular weight is 309 g/mol. The van der Waals surface area contributed by atoms with Crippen molar-refractivity contribution in [3.8, 4) is 0 Å². The number of aromatic amines is 1. The molecular formula is C13H15N3O4S. The summed E-state index contributed by atoms with van der Waals surface area (Å²) < 4.78 is 26.4. The number of aromatic nitrogens is 2. The molecule has 0 atom stereocenters. The summed E-state index contributed by atoms with van der Waals surface area (Å²) in [7, 11) is -3.50. The number of H-pyrrole nitrogens is 1. The van der Waals surface area contributed by atoms with Crippen LogP contribution in [-0.4, -0.2) is 29.7 Å². The van der Waals surface area contributed by atoms with Gasteiger partial charge in [-0.1, -0.05) is 12.1 Å². The van der Waals surface area contributed by atoms with Gasteiger partial charge >= 0.3 is 5.97 Å². The number of sulfonamides is 1. The highest BCUT2D eigenvalue weighted by Gasteiger charge is 2.13. The van der Waals surface area contributed by atoms with E-state index in [1.165, 1.54) is 24.3 Å². The van der Waals surface area contributed by atoms with Crippen LogP contribution in [0.25, 0.3) is 0 Å². The van der Waals surface area contributed by atoms with E-state index < -0.39 is 16.0 Å². The number of aromatic carboxylic acids is 1. The molecule has 2 rings (SSSR count). The molecule has 1 heterocycles. The zero-order valence-electron chi connectivity index (χ0n) is 11.3. The molecule has 7 nitrogen and oxygen atoms in total. The number of aryl methyl sites for hydroxylation is 1. The molecule has 8 heteroatoms. The molecule has 0 amide bonds. The van der Waals surface area contributed by atoms with Crippen LogP contribution in [0.5, 0.6) is 0 Å². The van der Waals surface area contributed by atoms with Crippen LogP contribution in [0, 0.1) is 6.92 Å². The van der Waals surface area contributed by atoms with E-state index in [4.69, 9.17) is 5.11 Å². The molecule has 2 aromatic rings. The second-order valence-corrected chi connectivity index (χ2v) is 6.41. The van der Waals surface area contributed by atoms with Gasteiger partial charge in [0.1, 0.15) is 0 Å². The number of nitrogens with zero attached hydrogens (tertiary/aromatic N) is 1. The van der Waals surface area contributed by atoms with Gasteiger partial charge in [0, 0.05) is 17.8 Å². The summed E-state index contributed by atoms with van der Waals surface area (Å²) in [4.78, 5) is 10.7. The lowest BCUT2D eigenvalue weighted by Gasteiger charge is -2.06. The van der Waals surface area contributed by atoms with Crippen LogP contribution >= 0.6 is 0 Å². The fraction of sp³-hybridized carbons (Fsp3) is 0.231. The van der Waals surface area contributed by atoms with Crippen molar-refractivity contribution in [2.24, 2.45) is 0 Å². The van der Waals surface area contributed by atoms with Gasteiger partial charge in [-0.2, -0.15) is 5.10 Å². The van der Waals surface area contributed by atoms with Crippen LogP contribution in [0.15, 0.2) is 30.5 Å². The number of rotatable bonds is 6. The minimum absolute atomic E-state index is 0.123. The van der Waals surface area contributed by atoms with Crippen LogP contribution in [0.3, 0.4) is 0 Å². The lowest BCUT2D eigenvalue weighted by Crippen LogP contribution is -2.24. The normalized spacial score (nSPS) is 11.5. The predicted molar refractivity (Wildman–Crippen MR) is 76.2 cm³/mol. The Kier molecular flexibility index (Phi) is 4.39. The lowest BCUT2D eigenvalue weighted by molar-refractivity contribution is 0.0697. The largest absolute Gasteiger partial charge is 0.478 e. The number of carboxylic acids is 1. The van der Waals surface area contributed by atoms with E-state index in [1.54, 1.807) is 13.1 Å². The maximum Gasteiger partial charge on any atom is 0.335 e. The van der Waals surface area contributed by atoms with Gasteiger partial charge in [-0.15, -0.1) is 0 Å². The molecular weight excluding hydrogens is 294 g/mol. The quantitative estimate of drug-likeness (QED) is 0.738. The SMILES string of the molecule is Cc1[nH]ncc1CNS(=O)(=O)Cc1ccc(C(=O)O)cc1. The van der Waals surface area contributed by atoms with Crippen molar-refractivity contribution in [3.05, 3.63) is 52.8 Å². The second kappa shape index (κ2) is 6.06. The predicted octanol–water partition coefficient (Wildman–Crippen LogP) is 1.04. The van der Waals surface area contributed by atoms with E-state index in [-0.39, 0.29) is 17.9 Å². The van der Waals surface area contributed by atoms with E-state index in [0.717, 1.165) is 11.3 Å². The van der Waals surface area contributed by atoms with Crippen molar-refractivity contribution >= 4 is 16.0 Å². The summed E-state index contributed by atoms with van der Waals surface area (Å²) >= 11 is 0. The van der Waals surface area contributed by atoms with Crippen LogP contribution in [0.1, 0.15) is 27.2 Å². The third-order valence-electron chi connectivity index (χ3n) is 2.97. The number of benzene rings is 1. The molecule has 0 spiro atoms. The van der Waals surface area contributed by atoms with Gasteiger partial charge < -0.3 is 5.11 Å². The zero-order valence-corrected chi connectivity index (χ0v) is 12.1. The number of hydrogen-bond acceptors (Lipinski definition) is 4. The van der Waals surface area contributed by atoms with Gasteiger partial charge in [0.2, 0.25) is 10.0 Å². The Hall–Kier alpha value is -2.19. The highest BCUT2D eigenvalue weighted by molar-refractivity contribution is 7.88. The first-order valence-corrected chi connectivity index (χ1v) is 7.81. The first-order valence-electron chi connectivity index (χ1n) is 6.16. The minimum Gasteiger partial charge on any atom is -0.478 e. The monoisotopic (exact) mass is 309 g/mol. The fourth-order valence-electron chi connectivity index (χ4n) is 1.76. The minimum atomic E-state index is -3.50. The highest BCUT2D eigenvalue weighted by Crippen LogP contribution is 2.09. The molecule has 1 aromatic carbocycles. The Morgan fingerprint density at radius 1 is 1.33 bits per heavy atom. The van der Waals surface area contributed by atoms with Crippen LogP contribution in [-0.2, 0) is 22.3 Å². The average Bonchev–Trinajstić information content (AvgIpc) is 2.82. The Balaban J connectivity index is 2.00. The molecule has 0 saturated heterocycles. The Morgan fingerprint density at radius 3 is 2.52 bits per heavy atom. The molecule has 0 radical (unpaired) electrons. The van der Waals surface area contributed by atoms with Gasteiger partial charge in [-0.05, 0) is 24.6 Å². The summed E-state index contributed by atoms with van der Waals surface area (Å²) in [5.41, 5.74) is 2.23. The second-order valence-electron chi connectivity index (χ2n) is 4.60. The van der Waals surface area contributed by atoms with E-state index in [1.807, 2.05) is 0 Å². The maximum absolute atomic E-state index is 12.0. The maximum atomic E-state index is 12.0. The van der Waals surface area contributed by atoms with Crippen molar-refractivity contribution in [1.82, 2.24) is 14.9 Å². The summed E-state index contributed by atoms with van der Waals surface area (Å²) in [6, 6.07) is 5.75. The lowest BCUT2D eigenvalue weighted by atomic mass is 10.1. The topological polar surface area (TPSA) is 112 Å². The van der Waals surface area contributed by atoms with E-state index >= 15 is 0 Å². The standard InChI is InChI=1S/C13H15N3O4S/c1-9-12(6-14-16-9)7-15-21(19,20)8-10-2-4-11(5-3-10)13(17)18/h2-6,15H,7-8H2,1H3,(H,14,16)(H,17,18). The van der Waals surface area contributed by atoms with E-state index in [2.05, 4.69) is 14.9 Å². The van der Waals surface area contributed by atoms with Crippen molar-refractivity contribution in [1.29, 1.82) is 0 Å². The Morgan fingerprint density at radius 2 is 2.00 bits per heavy atom. The number of nitrogens with one attached hydrogen (secondary N) is 2. The summed E-state index contributed by atoms with van der Waals surface area (Å²) in [5, 5.41) is 15.3. The van der Waals surface area contributed by atoms with Crippen molar-refractivity contribution in [2.45, 2.75) is 19.2 Å². The van der Waals surface area contributed by atoms with Crippen molar-refractivity contribution in [2.75, 3.05) is 0 Å². The van der Waals surface area contributed by atoms with E-state index in [9.17, 15) is 13.2 Å². The number of carbonyl (C=O) groups is 1. The summed E-state index contributed by atoms with van der Waals surface area (Å²) in [6.07, 6.45) is 1.57. The molecule has 0 aliphatic carbocycles. The molecule has 112 valence electrons. The molecule has 3 N–H and O–H groups in total. The molecule has 0 bridgehead atoms. The number of hydrogen-bond donors (Lipinski definition) is 3. The number of carboxylic acid groups (broad SMARTS) is 1. The van der Waals surface area contributed by atoms with Crippen LogP contribution in [0.2, 0.25) is 0 Å². The molecule has 0 aliphatic heterocycles. The fourth-order valence-corrected chi connectivity index (χ4v) is 2.86. The molecule has 0 saturated carbocycles.